The third-order valence-electron chi connectivity index (χ3n) is 5.19. The molecule has 3 heterocycles. The molecule has 2 aliphatic heterocycles. The minimum Gasteiger partial charge on any atom is -0.459 e. The summed E-state index contributed by atoms with van der Waals surface area (Å²) in [5.41, 5.74) is 0.870. The molecule has 1 N–H and O–H groups in total. The number of hydrogen-bond donors (Lipinski definition) is 1. The highest BCUT2D eigenvalue weighted by Gasteiger charge is 2.28. The summed E-state index contributed by atoms with van der Waals surface area (Å²) < 4.78 is 11.1. The number of ether oxygens (including phenoxy) is 1. The maximum absolute atomic E-state index is 12.0. The third kappa shape index (κ3) is 4.37. The molecule has 1 aromatic heterocycles. The molecule has 1 atom stereocenters. The Balaban J connectivity index is 1.41. The van der Waals surface area contributed by atoms with Crippen molar-refractivity contribution in [1.29, 1.82) is 0 Å². The second kappa shape index (κ2) is 8.14. The van der Waals surface area contributed by atoms with Gasteiger partial charge in [-0.3, -0.25) is 9.69 Å². The molecule has 0 saturated carbocycles. The van der Waals surface area contributed by atoms with Crippen molar-refractivity contribution >= 4 is 5.91 Å². The van der Waals surface area contributed by atoms with Gasteiger partial charge in [0.05, 0.1) is 19.0 Å². The molecule has 1 amide bonds. The molecule has 0 spiro atoms. The van der Waals surface area contributed by atoms with E-state index in [1.165, 1.54) is 25.9 Å². The Morgan fingerprint density at radius 1 is 1.33 bits per heavy atom. The van der Waals surface area contributed by atoms with Crippen LogP contribution in [0.5, 0.6) is 0 Å². The fraction of sp³-hybridized carbons (Fsp3) is 0.722. The van der Waals surface area contributed by atoms with Crippen molar-refractivity contribution in [2.24, 2.45) is 0 Å². The van der Waals surface area contributed by atoms with Crippen LogP contribution >= 0.6 is 0 Å². The maximum Gasteiger partial charge on any atom is 0.287 e. The van der Waals surface area contributed by atoms with Gasteiger partial charge < -0.3 is 19.4 Å². The van der Waals surface area contributed by atoms with E-state index < -0.39 is 0 Å². The van der Waals surface area contributed by atoms with Gasteiger partial charge in [-0.1, -0.05) is 0 Å². The topological polar surface area (TPSA) is 58.0 Å². The van der Waals surface area contributed by atoms with Crippen molar-refractivity contribution in [3.05, 3.63) is 23.7 Å². The summed E-state index contributed by atoms with van der Waals surface area (Å²) in [6, 6.07) is 2.49. The monoisotopic (exact) mass is 335 g/mol. The largest absolute Gasteiger partial charge is 0.459 e. The molecule has 1 unspecified atom stereocenters. The van der Waals surface area contributed by atoms with E-state index in [4.69, 9.17) is 9.15 Å². The highest BCUT2D eigenvalue weighted by Crippen LogP contribution is 2.19. The molecule has 0 aliphatic carbocycles. The normalized spacial score (nSPS) is 24.2. The number of piperidine rings is 1. The van der Waals surface area contributed by atoms with Crippen molar-refractivity contribution in [3.8, 4) is 0 Å². The van der Waals surface area contributed by atoms with Gasteiger partial charge in [0.2, 0.25) is 0 Å². The Hall–Kier alpha value is -1.37. The van der Waals surface area contributed by atoms with Gasteiger partial charge in [-0.05, 0) is 52.4 Å². The number of amides is 1. The summed E-state index contributed by atoms with van der Waals surface area (Å²) in [5, 5.41) is 2.94. The van der Waals surface area contributed by atoms with Gasteiger partial charge in [0.1, 0.15) is 0 Å². The highest BCUT2D eigenvalue weighted by molar-refractivity contribution is 5.92. The number of nitrogens with one attached hydrogen (secondary N) is 1. The Kier molecular flexibility index (Phi) is 5.92. The molecule has 134 valence electrons. The summed E-state index contributed by atoms with van der Waals surface area (Å²) in [5.74, 6) is 0.271. The Morgan fingerprint density at radius 3 is 2.83 bits per heavy atom. The first-order chi connectivity index (χ1) is 11.6. The zero-order valence-electron chi connectivity index (χ0n) is 14.8. The number of carbonyl (C=O) groups excluding carboxylic acids is 1. The second-order valence-electron chi connectivity index (χ2n) is 7.00. The maximum atomic E-state index is 12.0. The van der Waals surface area contributed by atoms with E-state index in [0.717, 1.165) is 31.7 Å². The highest BCUT2D eigenvalue weighted by atomic mass is 16.5. The van der Waals surface area contributed by atoms with Crippen LogP contribution in [0.3, 0.4) is 0 Å². The van der Waals surface area contributed by atoms with Crippen LogP contribution in [0, 0.1) is 6.92 Å². The van der Waals surface area contributed by atoms with Crippen LogP contribution in [-0.4, -0.2) is 74.2 Å². The first-order valence-corrected chi connectivity index (χ1v) is 9.00. The van der Waals surface area contributed by atoms with E-state index in [-0.39, 0.29) is 12.0 Å². The Morgan fingerprint density at radius 2 is 2.12 bits per heavy atom. The second-order valence-corrected chi connectivity index (χ2v) is 7.00. The molecule has 3 rings (SSSR count). The van der Waals surface area contributed by atoms with Gasteiger partial charge in [-0.2, -0.15) is 0 Å². The number of furan rings is 1. The zero-order valence-corrected chi connectivity index (χ0v) is 14.8. The van der Waals surface area contributed by atoms with E-state index in [1.54, 1.807) is 12.3 Å². The molecule has 2 aliphatic rings. The molecular weight excluding hydrogens is 306 g/mol. The number of morpholine rings is 1. The number of rotatable bonds is 5. The quantitative estimate of drug-likeness (QED) is 0.884. The molecule has 1 aromatic rings. The lowest BCUT2D eigenvalue weighted by Crippen LogP contribution is -2.51. The summed E-state index contributed by atoms with van der Waals surface area (Å²) in [4.78, 5) is 17.0. The summed E-state index contributed by atoms with van der Waals surface area (Å²) in [6.45, 7) is 7.67. The number of nitrogens with zero attached hydrogens (tertiary/aromatic N) is 2. The van der Waals surface area contributed by atoms with Gasteiger partial charge in [-0.15, -0.1) is 0 Å². The predicted molar refractivity (Wildman–Crippen MR) is 92.2 cm³/mol. The first kappa shape index (κ1) is 17.5. The van der Waals surface area contributed by atoms with Crippen molar-refractivity contribution in [2.45, 2.75) is 38.3 Å². The third-order valence-corrected chi connectivity index (χ3v) is 5.19. The van der Waals surface area contributed by atoms with E-state index in [0.29, 0.717) is 18.3 Å². The van der Waals surface area contributed by atoms with Gasteiger partial charge in [0.15, 0.2) is 5.76 Å². The average molecular weight is 335 g/mol. The van der Waals surface area contributed by atoms with Crippen LogP contribution in [0.1, 0.15) is 35.4 Å². The molecule has 6 nitrogen and oxygen atoms in total. The van der Waals surface area contributed by atoms with Crippen molar-refractivity contribution in [1.82, 2.24) is 15.1 Å². The molecule has 2 saturated heterocycles. The summed E-state index contributed by atoms with van der Waals surface area (Å²) in [7, 11) is 2.20. The Labute approximate surface area is 144 Å². The van der Waals surface area contributed by atoms with Gasteiger partial charge in [-0.25, -0.2) is 0 Å². The number of aryl methyl sites for hydroxylation is 1. The van der Waals surface area contributed by atoms with E-state index >= 15 is 0 Å². The van der Waals surface area contributed by atoms with E-state index in [1.807, 2.05) is 6.92 Å². The summed E-state index contributed by atoms with van der Waals surface area (Å²) >= 11 is 0. The molecule has 24 heavy (non-hydrogen) atoms. The van der Waals surface area contributed by atoms with Gasteiger partial charge >= 0.3 is 0 Å². The molecule has 6 heteroatoms. The molecule has 0 bridgehead atoms. The van der Waals surface area contributed by atoms with Crippen LogP contribution < -0.4 is 5.32 Å². The lowest BCUT2D eigenvalue weighted by atomic mass is 10.0. The van der Waals surface area contributed by atoms with Crippen molar-refractivity contribution < 1.29 is 13.9 Å². The minimum absolute atomic E-state index is 0.138. The van der Waals surface area contributed by atoms with Crippen molar-refractivity contribution in [3.63, 3.8) is 0 Å². The number of likely N-dealkylation sites (tertiary alicyclic amines) is 1. The van der Waals surface area contributed by atoms with Gasteiger partial charge in [0, 0.05) is 31.2 Å². The number of carbonyl (C=O) groups is 1. The first-order valence-electron chi connectivity index (χ1n) is 9.00. The van der Waals surface area contributed by atoms with Crippen LogP contribution in [-0.2, 0) is 4.74 Å². The molecule has 2 fully saturated rings. The zero-order chi connectivity index (χ0) is 16.9. The molecule has 0 radical (unpaired) electrons. The molecule has 0 aromatic carbocycles. The fourth-order valence-electron chi connectivity index (χ4n) is 3.64. The standard InChI is InChI=1S/C18H29N3O3/c1-14-6-11-24-17(14)18(22)19-7-3-16-13-21(10-12-23-16)15-4-8-20(2)9-5-15/h6,11,15-16H,3-5,7-10,12-13H2,1-2H3,(H,19,22). The van der Waals surface area contributed by atoms with Gasteiger partial charge in [0.25, 0.3) is 5.91 Å². The van der Waals surface area contributed by atoms with Crippen molar-refractivity contribution in [2.75, 3.05) is 46.4 Å². The molecular formula is C18H29N3O3. The minimum atomic E-state index is -0.138. The predicted octanol–water partition coefficient (Wildman–Crippen LogP) is 1.50. The SMILES string of the molecule is Cc1ccoc1C(=O)NCCC1CN(C2CCN(C)CC2)CCO1. The van der Waals surface area contributed by atoms with Crippen LogP contribution in [0.2, 0.25) is 0 Å². The smallest absolute Gasteiger partial charge is 0.287 e. The van der Waals surface area contributed by atoms with E-state index in [2.05, 4.69) is 22.2 Å². The number of hydrogen-bond acceptors (Lipinski definition) is 5. The lowest BCUT2D eigenvalue weighted by molar-refractivity contribution is -0.0532. The van der Waals surface area contributed by atoms with Crippen LogP contribution in [0.4, 0.5) is 0 Å². The van der Waals surface area contributed by atoms with E-state index in [9.17, 15) is 4.79 Å². The summed E-state index contributed by atoms with van der Waals surface area (Å²) in [6.07, 6.45) is 5.09. The van der Waals surface area contributed by atoms with Crippen LogP contribution in [0.15, 0.2) is 16.7 Å². The Bertz CT molecular complexity index is 537. The van der Waals surface area contributed by atoms with Crippen LogP contribution in [0.25, 0.3) is 0 Å². The average Bonchev–Trinajstić information content (AvgIpc) is 3.02. The lowest BCUT2D eigenvalue weighted by Gasteiger charge is -2.41. The fourth-order valence-corrected chi connectivity index (χ4v) is 3.64.